The van der Waals surface area contributed by atoms with Gasteiger partial charge in [0.25, 0.3) is 0 Å². The van der Waals surface area contributed by atoms with Crippen LogP contribution in [-0.2, 0) is 16.0 Å². The molecule has 2 rings (SSSR count). The fraction of sp³-hybridized carbons (Fsp3) is 0.533. The summed E-state index contributed by atoms with van der Waals surface area (Å²) in [6.45, 7) is 0. The first-order chi connectivity index (χ1) is 9.11. The monoisotopic (exact) mass is 263 g/mol. The summed E-state index contributed by atoms with van der Waals surface area (Å²) < 4.78 is 4.62. The van der Waals surface area contributed by atoms with E-state index < -0.39 is 0 Å². The first kappa shape index (κ1) is 13.9. The topological polar surface area (TPSA) is 72.5 Å². The highest BCUT2D eigenvalue weighted by Gasteiger charge is 2.29. The van der Waals surface area contributed by atoms with Crippen LogP contribution in [0.15, 0.2) is 18.2 Å². The van der Waals surface area contributed by atoms with Crippen molar-refractivity contribution in [3.05, 3.63) is 29.3 Å². The van der Waals surface area contributed by atoms with Crippen molar-refractivity contribution >= 4 is 5.97 Å². The Hall–Kier alpha value is -1.55. The van der Waals surface area contributed by atoms with E-state index in [1.165, 1.54) is 12.7 Å². The predicted octanol–water partition coefficient (Wildman–Crippen LogP) is 2.09. The smallest absolute Gasteiger partial charge is 0.305 e. The number of phenols is 1. The minimum Gasteiger partial charge on any atom is -0.508 e. The van der Waals surface area contributed by atoms with Crippen LogP contribution in [0.3, 0.4) is 0 Å². The van der Waals surface area contributed by atoms with Gasteiger partial charge in [-0.1, -0.05) is 12.5 Å². The summed E-state index contributed by atoms with van der Waals surface area (Å²) in [5, 5.41) is 9.48. The van der Waals surface area contributed by atoms with Gasteiger partial charge in [0, 0.05) is 12.5 Å². The zero-order valence-electron chi connectivity index (χ0n) is 11.3. The van der Waals surface area contributed by atoms with Gasteiger partial charge in [-0.2, -0.15) is 0 Å². The maximum Gasteiger partial charge on any atom is 0.305 e. The molecular weight excluding hydrogens is 242 g/mol. The number of carbonyl (C=O) groups is 1. The van der Waals surface area contributed by atoms with Crippen LogP contribution in [0, 0.1) is 0 Å². The Morgan fingerprint density at radius 2 is 2.26 bits per heavy atom. The number of benzene rings is 1. The average molecular weight is 263 g/mol. The molecule has 0 amide bonds. The van der Waals surface area contributed by atoms with Crippen molar-refractivity contribution in [1.82, 2.24) is 0 Å². The van der Waals surface area contributed by atoms with E-state index in [1.807, 2.05) is 12.1 Å². The summed E-state index contributed by atoms with van der Waals surface area (Å²) in [5.41, 5.74) is 8.59. The number of fused-ring (bicyclic) bond motifs is 1. The second-order valence-electron chi connectivity index (χ2n) is 5.18. The van der Waals surface area contributed by atoms with Gasteiger partial charge in [0.05, 0.1) is 7.11 Å². The molecule has 104 valence electrons. The summed E-state index contributed by atoms with van der Waals surface area (Å²) in [6, 6.07) is 5.62. The molecular formula is C15H21NO3. The molecule has 0 saturated heterocycles. The van der Waals surface area contributed by atoms with Gasteiger partial charge in [0.1, 0.15) is 5.75 Å². The Kier molecular flexibility index (Phi) is 4.43. The maximum absolute atomic E-state index is 11.0. The summed E-state index contributed by atoms with van der Waals surface area (Å²) in [6.07, 6.45) is 4.08. The molecule has 0 bridgehead atoms. The minimum atomic E-state index is -0.152. The Labute approximate surface area is 113 Å². The number of ether oxygens (including phenoxy) is 1. The molecule has 19 heavy (non-hydrogen) atoms. The van der Waals surface area contributed by atoms with Gasteiger partial charge in [-0.25, -0.2) is 0 Å². The molecule has 4 nitrogen and oxygen atoms in total. The normalized spacial score (nSPS) is 21.2. The van der Waals surface area contributed by atoms with Crippen molar-refractivity contribution in [2.75, 3.05) is 7.11 Å². The average Bonchev–Trinajstić information content (AvgIpc) is 2.69. The number of unbranched alkanes of at least 4 members (excludes halogenated alkanes) is 1. The van der Waals surface area contributed by atoms with Crippen LogP contribution in [-0.4, -0.2) is 24.2 Å². The van der Waals surface area contributed by atoms with Crippen molar-refractivity contribution in [1.29, 1.82) is 0 Å². The number of esters is 1. The third-order valence-corrected chi connectivity index (χ3v) is 3.87. The zero-order chi connectivity index (χ0) is 13.8. The Bertz CT molecular complexity index is 459. The largest absolute Gasteiger partial charge is 0.508 e. The maximum atomic E-state index is 11.0. The Morgan fingerprint density at radius 3 is 3.00 bits per heavy atom. The number of carbonyl (C=O) groups excluding carboxylic acids is 1. The number of aromatic hydroxyl groups is 1. The first-order valence-corrected chi connectivity index (χ1v) is 6.76. The molecule has 2 unspecified atom stereocenters. The number of hydrogen-bond donors (Lipinski definition) is 2. The van der Waals surface area contributed by atoms with E-state index in [0.717, 1.165) is 31.2 Å². The summed E-state index contributed by atoms with van der Waals surface area (Å²) in [5.74, 6) is 0.492. The predicted molar refractivity (Wildman–Crippen MR) is 73.0 cm³/mol. The van der Waals surface area contributed by atoms with Crippen molar-refractivity contribution < 1.29 is 14.6 Å². The first-order valence-electron chi connectivity index (χ1n) is 6.76. The third kappa shape index (κ3) is 3.26. The molecule has 4 heteroatoms. The van der Waals surface area contributed by atoms with Gasteiger partial charge in [0.15, 0.2) is 0 Å². The fourth-order valence-corrected chi connectivity index (χ4v) is 2.86. The molecule has 1 aliphatic carbocycles. The molecule has 0 saturated carbocycles. The number of phenolic OH excluding ortho intramolecular Hbond substituents is 1. The fourth-order valence-electron chi connectivity index (χ4n) is 2.86. The van der Waals surface area contributed by atoms with Gasteiger partial charge in [-0.15, -0.1) is 0 Å². The summed E-state index contributed by atoms with van der Waals surface area (Å²) in [4.78, 5) is 11.0. The van der Waals surface area contributed by atoms with Crippen LogP contribution in [0.2, 0.25) is 0 Å². The van der Waals surface area contributed by atoms with Crippen LogP contribution in [0.1, 0.15) is 42.7 Å². The molecule has 0 aliphatic heterocycles. The Morgan fingerprint density at radius 1 is 1.47 bits per heavy atom. The lowest BCUT2D eigenvalue weighted by Crippen LogP contribution is -2.24. The van der Waals surface area contributed by atoms with Crippen molar-refractivity contribution in [3.8, 4) is 5.75 Å². The van der Waals surface area contributed by atoms with Crippen LogP contribution < -0.4 is 5.73 Å². The Balaban J connectivity index is 1.89. The van der Waals surface area contributed by atoms with Crippen molar-refractivity contribution in [3.63, 3.8) is 0 Å². The molecule has 1 aliphatic rings. The molecule has 0 spiro atoms. The third-order valence-electron chi connectivity index (χ3n) is 3.87. The standard InChI is InChI=1S/C15H21NO3/c1-19-15(18)5-3-2-4-13-12-7-6-11(17)8-10(12)9-14(13)16/h6-8,13-14,17H,2-5,9,16H2,1H3. The summed E-state index contributed by atoms with van der Waals surface area (Å²) in [7, 11) is 1.41. The second-order valence-corrected chi connectivity index (χ2v) is 5.18. The van der Waals surface area contributed by atoms with E-state index in [2.05, 4.69) is 4.74 Å². The summed E-state index contributed by atoms with van der Waals surface area (Å²) >= 11 is 0. The zero-order valence-corrected chi connectivity index (χ0v) is 11.3. The van der Waals surface area contributed by atoms with Crippen molar-refractivity contribution in [2.45, 2.75) is 44.1 Å². The highest BCUT2D eigenvalue weighted by Crippen LogP contribution is 2.37. The molecule has 2 atom stereocenters. The lowest BCUT2D eigenvalue weighted by molar-refractivity contribution is -0.140. The van der Waals surface area contributed by atoms with Gasteiger partial charge >= 0.3 is 5.97 Å². The minimum absolute atomic E-state index is 0.120. The SMILES string of the molecule is COC(=O)CCCCC1c2ccc(O)cc2CC1N. The van der Waals surface area contributed by atoms with Crippen LogP contribution in [0.5, 0.6) is 5.75 Å². The van der Waals surface area contributed by atoms with E-state index in [1.54, 1.807) is 6.07 Å². The van der Waals surface area contributed by atoms with Crippen LogP contribution >= 0.6 is 0 Å². The highest BCUT2D eigenvalue weighted by atomic mass is 16.5. The van der Waals surface area contributed by atoms with Gasteiger partial charge < -0.3 is 15.6 Å². The van der Waals surface area contributed by atoms with Gasteiger partial charge in [-0.3, -0.25) is 4.79 Å². The van der Waals surface area contributed by atoms with E-state index >= 15 is 0 Å². The van der Waals surface area contributed by atoms with Crippen LogP contribution in [0.4, 0.5) is 0 Å². The lowest BCUT2D eigenvalue weighted by Gasteiger charge is -2.16. The molecule has 1 aromatic carbocycles. The van der Waals surface area contributed by atoms with Crippen molar-refractivity contribution in [2.24, 2.45) is 5.73 Å². The molecule has 0 aromatic heterocycles. The lowest BCUT2D eigenvalue weighted by atomic mass is 9.92. The number of methoxy groups -OCH3 is 1. The number of rotatable bonds is 5. The highest BCUT2D eigenvalue weighted by molar-refractivity contribution is 5.68. The van der Waals surface area contributed by atoms with Gasteiger partial charge in [0.2, 0.25) is 0 Å². The number of hydrogen-bond acceptors (Lipinski definition) is 4. The van der Waals surface area contributed by atoms with E-state index in [4.69, 9.17) is 5.73 Å². The van der Waals surface area contributed by atoms with E-state index in [-0.39, 0.29) is 12.0 Å². The quantitative estimate of drug-likeness (QED) is 0.630. The number of nitrogens with two attached hydrogens (primary N) is 1. The molecule has 0 heterocycles. The molecule has 1 aromatic rings. The molecule has 3 N–H and O–H groups in total. The van der Waals surface area contributed by atoms with Gasteiger partial charge in [-0.05, 0) is 48.4 Å². The van der Waals surface area contributed by atoms with E-state index in [0.29, 0.717) is 18.1 Å². The van der Waals surface area contributed by atoms with E-state index in [9.17, 15) is 9.90 Å². The molecule has 0 radical (unpaired) electrons. The van der Waals surface area contributed by atoms with Crippen LogP contribution in [0.25, 0.3) is 0 Å². The second kappa shape index (κ2) is 6.06. The molecule has 0 fully saturated rings.